The van der Waals surface area contributed by atoms with Crippen molar-refractivity contribution in [2.75, 3.05) is 13.1 Å². The molecule has 0 bridgehead atoms. The Kier molecular flexibility index (Phi) is 6.18. The van der Waals surface area contributed by atoms with Crippen LogP contribution in [0.2, 0.25) is 5.02 Å². The van der Waals surface area contributed by atoms with Gasteiger partial charge in [-0.3, -0.25) is 0 Å². The molecule has 1 atom stereocenters. The Morgan fingerprint density at radius 2 is 1.86 bits per heavy atom. The van der Waals surface area contributed by atoms with Crippen molar-refractivity contribution >= 4 is 11.6 Å². The number of halogens is 2. The first-order chi connectivity index (χ1) is 10.2. The van der Waals surface area contributed by atoms with Crippen molar-refractivity contribution in [1.29, 1.82) is 0 Å². The maximum Gasteiger partial charge on any atom is 0.128 e. The van der Waals surface area contributed by atoms with E-state index in [4.69, 9.17) is 16.3 Å². The fourth-order valence-electron chi connectivity index (χ4n) is 2.03. The van der Waals surface area contributed by atoms with E-state index in [1.165, 1.54) is 6.07 Å². The number of ether oxygens (including phenoxy) is 1. The summed E-state index contributed by atoms with van der Waals surface area (Å²) in [5.41, 5.74) is 1.59. The lowest BCUT2D eigenvalue weighted by atomic mass is 10.1. The van der Waals surface area contributed by atoms with Gasteiger partial charge in [0.1, 0.15) is 5.82 Å². The zero-order valence-corrected chi connectivity index (χ0v) is 12.7. The van der Waals surface area contributed by atoms with E-state index in [0.29, 0.717) is 17.1 Å². The molecule has 0 fully saturated rings. The van der Waals surface area contributed by atoms with Crippen molar-refractivity contribution in [3.05, 3.63) is 70.5 Å². The molecule has 1 N–H and O–H groups in total. The van der Waals surface area contributed by atoms with Crippen LogP contribution in [0, 0.1) is 5.82 Å². The number of benzene rings is 2. The zero-order valence-electron chi connectivity index (χ0n) is 12.0. The highest BCUT2D eigenvalue weighted by atomic mass is 35.5. The molecule has 0 saturated carbocycles. The topological polar surface area (TPSA) is 21.3 Å². The molecule has 0 aliphatic rings. The van der Waals surface area contributed by atoms with E-state index in [9.17, 15) is 4.39 Å². The monoisotopic (exact) mass is 307 g/mol. The average molecular weight is 308 g/mol. The molecule has 2 aromatic rings. The van der Waals surface area contributed by atoms with Crippen LogP contribution in [0.4, 0.5) is 4.39 Å². The fourth-order valence-corrected chi connectivity index (χ4v) is 2.16. The van der Waals surface area contributed by atoms with Gasteiger partial charge >= 0.3 is 0 Å². The molecule has 0 amide bonds. The summed E-state index contributed by atoms with van der Waals surface area (Å²) in [4.78, 5) is 0. The van der Waals surface area contributed by atoms with E-state index >= 15 is 0 Å². The van der Waals surface area contributed by atoms with Gasteiger partial charge in [0, 0.05) is 17.1 Å². The summed E-state index contributed by atoms with van der Waals surface area (Å²) in [6.45, 7) is 3.81. The van der Waals surface area contributed by atoms with Crippen LogP contribution in [0.3, 0.4) is 0 Å². The summed E-state index contributed by atoms with van der Waals surface area (Å²) in [7, 11) is 0. The molecule has 0 radical (unpaired) electrons. The predicted molar refractivity (Wildman–Crippen MR) is 83.9 cm³/mol. The van der Waals surface area contributed by atoms with Gasteiger partial charge < -0.3 is 10.1 Å². The molecule has 0 aliphatic carbocycles. The molecular weight excluding hydrogens is 289 g/mol. The van der Waals surface area contributed by atoms with Gasteiger partial charge in [-0.1, -0.05) is 48.9 Å². The molecule has 4 heteroatoms. The maximum absolute atomic E-state index is 13.6. The third kappa shape index (κ3) is 4.81. The van der Waals surface area contributed by atoms with Crippen molar-refractivity contribution in [3.8, 4) is 0 Å². The Morgan fingerprint density at radius 3 is 2.52 bits per heavy atom. The summed E-state index contributed by atoms with van der Waals surface area (Å²) in [6, 6.07) is 14.2. The molecule has 0 aliphatic heterocycles. The van der Waals surface area contributed by atoms with Gasteiger partial charge in [0.25, 0.3) is 0 Å². The summed E-state index contributed by atoms with van der Waals surface area (Å²) in [6.07, 6.45) is -0.137. The number of hydrogen-bond donors (Lipinski definition) is 1. The number of hydrogen-bond acceptors (Lipinski definition) is 2. The van der Waals surface area contributed by atoms with Crippen molar-refractivity contribution in [1.82, 2.24) is 5.32 Å². The third-order valence-electron chi connectivity index (χ3n) is 3.22. The van der Waals surface area contributed by atoms with Crippen molar-refractivity contribution in [3.63, 3.8) is 0 Å². The van der Waals surface area contributed by atoms with Gasteiger partial charge in [0.05, 0.1) is 12.7 Å². The van der Waals surface area contributed by atoms with E-state index < -0.39 is 0 Å². The largest absolute Gasteiger partial charge is 0.367 e. The predicted octanol–water partition coefficient (Wildman–Crippen LogP) is 4.35. The lowest BCUT2D eigenvalue weighted by Gasteiger charge is -2.19. The van der Waals surface area contributed by atoms with Crippen molar-refractivity contribution < 1.29 is 9.13 Å². The minimum absolute atomic E-state index is 0.137. The van der Waals surface area contributed by atoms with Crippen LogP contribution in [0.1, 0.15) is 24.2 Å². The molecule has 2 aromatic carbocycles. The van der Waals surface area contributed by atoms with Crippen LogP contribution in [-0.4, -0.2) is 13.1 Å². The maximum atomic E-state index is 13.6. The first-order valence-electron chi connectivity index (χ1n) is 7.02. The molecule has 1 unspecified atom stereocenters. The lowest BCUT2D eigenvalue weighted by Crippen LogP contribution is -2.23. The zero-order chi connectivity index (χ0) is 15.1. The average Bonchev–Trinajstić information content (AvgIpc) is 2.50. The SMILES string of the molecule is CCNCC(OCc1ccccc1F)c1ccc(Cl)cc1. The smallest absolute Gasteiger partial charge is 0.128 e. The highest BCUT2D eigenvalue weighted by Crippen LogP contribution is 2.21. The number of rotatable bonds is 7. The Labute approximate surface area is 129 Å². The first kappa shape index (κ1) is 16.0. The van der Waals surface area contributed by atoms with Crippen molar-refractivity contribution in [2.24, 2.45) is 0 Å². The molecule has 112 valence electrons. The van der Waals surface area contributed by atoms with E-state index in [1.54, 1.807) is 12.1 Å². The van der Waals surface area contributed by atoms with Crippen LogP contribution in [0.25, 0.3) is 0 Å². The fraction of sp³-hybridized carbons (Fsp3) is 0.294. The van der Waals surface area contributed by atoms with Crippen LogP contribution in [0.15, 0.2) is 48.5 Å². The summed E-state index contributed by atoms with van der Waals surface area (Å²) in [5.74, 6) is -0.240. The van der Waals surface area contributed by atoms with E-state index in [2.05, 4.69) is 5.32 Å². The second-order valence-corrected chi connectivity index (χ2v) is 5.19. The second kappa shape index (κ2) is 8.13. The van der Waals surface area contributed by atoms with E-state index in [0.717, 1.165) is 12.1 Å². The summed E-state index contributed by atoms with van der Waals surface area (Å²) >= 11 is 5.91. The second-order valence-electron chi connectivity index (χ2n) is 4.75. The first-order valence-corrected chi connectivity index (χ1v) is 7.39. The summed E-state index contributed by atoms with van der Waals surface area (Å²) in [5, 5.41) is 3.95. The van der Waals surface area contributed by atoms with Crippen LogP contribution in [0.5, 0.6) is 0 Å². The lowest BCUT2D eigenvalue weighted by molar-refractivity contribution is 0.0386. The molecule has 0 aromatic heterocycles. The third-order valence-corrected chi connectivity index (χ3v) is 3.47. The van der Waals surface area contributed by atoms with Gasteiger partial charge in [-0.05, 0) is 30.3 Å². The highest BCUT2D eigenvalue weighted by Gasteiger charge is 2.13. The minimum atomic E-state index is -0.240. The quantitative estimate of drug-likeness (QED) is 0.821. The summed E-state index contributed by atoms with van der Waals surface area (Å²) < 4.78 is 19.5. The normalized spacial score (nSPS) is 12.3. The van der Waals surface area contributed by atoms with E-state index in [1.807, 2.05) is 37.3 Å². The Hall–Kier alpha value is -1.42. The molecule has 2 nitrogen and oxygen atoms in total. The molecule has 2 rings (SSSR count). The highest BCUT2D eigenvalue weighted by molar-refractivity contribution is 6.30. The Morgan fingerprint density at radius 1 is 1.14 bits per heavy atom. The van der Waals surface area contributed by atoms with Gasteiger partial charge in [0.15, 0.2) is 0 Å². The van der Waals surface area contributed by atoms with Gasteiger partial charge in [0.2, 0.25) is 0 Å². The van der Waals surface area contributed by atoms with Gasteiger partial charge in [-0.15, -0.1) is 0 Å². The van der Waals surface area contributed by atoms with Crippen LogP contribution >= 0.6 is 11.6 Å². The van der Waals surface area contributed by atoms with Crippen LogP contribution < -0.4 is 5.32 Å². The van der Waals surface area contributed by atoms with Crippen LogP contribution in [-0.2, 0) is 11.3 Å². The van der Waals surface area contributed by atoms with E-state index in [-0.39, 0.29) is 18.5 Å². The van der Waals surface area contributed by atoms with Crippen molar-refractivity contribution in [2.45, 2.75) is 19.6 Å². The molecule has 0 saturated heterocycles. The Bertz CT molecular complexity index is 559. The molecule has 21 heavy (non-hydrogen) atoms. The molecule has 0 spiro atoms. The number of nitrogens with one attached hydrogen (secondary N) is 1. The Balaban J connectivity index is 2.06. The van der Waals surface area contributed by atoms with Gasteiger partial charge in [-0.25, -0.2) is 4.39 Å². The van der Waals surface area contributed by atoms with Gasteiger partial charge in [-0.2, -0.15) is 0 Å². The molecular formula is C17H19ClFNO. The number of likely N-dealkylation sites (N-methyl/N-ethyl adjacent to an activating group) is 1. The standard InChI is InChI=1S/C17H19ClFNO/c1-2-20-11-17(13-7-9-15(18)10-8-13)21-12-14-5-3-4-6-16(14)19/h3-10,17,20H,2,11-12H2,1H3. The molecule has 0 heterocycles. The minimum Gasteiger partial charge on any atom is -0.367 e.